The van der Waals surface area contributed by atoms with Gasteiger partial charge in [0, 0.05) is 30.4 Å². The lowest BCUT2D eigenvalue weighted by atomic mass is 9.87. The average Bonchev–Trinajstić information content (AvgIpc) is 3.32. The van der Waals surface area contributed by atoms with Gasteiger partial charge in [0.1, 0.15) is 0 Å². The summed E-state index contributed by atoms with van der Waals surface area (Å²) in [7, 11) is 0. The highest BCUT2D eigenvalue weighted by Crippen LogP contribution is 2.42. The lowest BCUT2D eigenvalue weighted by Crippen LogP contribution is -2.65. The van der Waals surface area contributed by atoms with Gasteiger partial charge in [-0.05, 0) is 55.7 Å². The Bertz CT molecular complexity index is 475. The summed E-state index contributed by atoms with van der Waals surface area (Å²) in [6, 6.07) is 9.84. The van der Waals surface area contributed by atoms with Gasteiger partial charge in [-0.3, -0.25) is 0 Å². The number of nitrogens with one attached hydrogen (secondary N) is 1. The first-order chi connectivity index (χ1) is 10.0. The van der Waals surface area contributed by atoms with E-state index in [1.807, 2.05) is 0 Å². The molecule has 1 saturated carbocycles. The van der Waals surface area contributed by atoms with E-state index in [2.05, 4.69) is 62.2 Å². The van der Waals surface area contributed by atoms with Gasteiger partial charge >= 0.3 is 0 Å². The highest BCUT2D eigenvalue weighted by molar-refractivity contribution is 5.50. The number of hydrogen-bond donors (Lipinski definition) is 1. The molecule has 1 N–H and O–H groups in total. The standard InChI is InChI=1S/C19H30N2/c1-5-15-6-10-17(11-7-15)21-13-19(4,16-8-9-16)20-12-18(21)14(2)3/h6-7,10-11,14,16,18,20H,5,8-9,12-13H2,1-4H3. The molecule has 2 atom stereocenters. The van der Waals surface area contributed by atoms with Gasteiger partial charge < -0.3 is 10.2 Å². The first kappa shape index (κ1) is 14.9. The molecular weight excluding hydrogens is 256 g/mol. The van der Waals surface area contributed by atoms with Crippen LogP contribution in [0, 0.1) is 11.8 Å². The topological polar surface area (TPSA) is 15.3 Å². The van der Waals surface area contributed by atoms with Crippen molar-refractivity contribution in [2.75, 3.05) is 18.0 Å². The van der Waals surface area contributed by atoms with Gasteiger partial charge in [-0.25, -0.2) is 0 Å². The lowest BCUT2D eigenvalue weighted by Gasteiger charge is -2.49. The number of benzene rings is 1. The Hall–Kier alpha value is -1.02. The zero-order valence-corrected chi connectivity index (χ0v) is 14.0. The van der Waals surface area contributed by atoms with Gasteiger partial charge in [-0.1, -0.05) is 32.9 Å². The van der Waals surface area contributed by atoms with Crippen LogP contribution in [0.2, 0.25) is 0 Å². The third-order valence-corrected chi connectivity index (χ3v) is 5.54. The second-order valence-corrected chi connectivity index (χ2v) is 7.53. The second kappa shape index (κ2) is 5.64. The summed E-state index contributed by atoms with van der Waals surface area (Å²) < 4.78 is 0. The number of hydrogen-bond acceptors (Lipinski definition) is 2. The molecule has 0 spiro atoms. The molecule has 2 heteroatoms. The first-order valence-corrected chi connectivity index (χ1v) is 8.64. The number of aryl methyl sites for hydroxylation is 1. The Kier molecular flexibility index (Phi) is 4.00. The maximum absolute atomic E-state index is 3.87. The van der Waals surface area contributed by atoms with Gasteiger partial charge in [0.15, 0.2) is 0 Å². The van der Waals surface area contributed by atoms with Gasteiger partial charge in [-0.2, -0.15) is 0 Å². The molecule has 3 rings (SSSR count). The molecule has 0 radical (unpaired) electrons. The molecule has 0 bridgehead atoms. The van der Waals surface area contributed by atoms with E-state index in [1.165, 1.54) is 24.1 Å². The maximum Gasteiger partial charge on any atom is 0.0438 e. The van der Waals surface area contributed by atoms with Crippen LogP contribution in [0.5, 0.6) is 0 Å². The van der Waals surface area contributed by atoms with Crippen molar-refractivity contribution >= 4 is 5.69 Å². The van der Waals surface area contributed by atoms with Crippen LogP contribution in [-0.2, 0) is 6.42 Å². The SMILES string of the molecule is CCc1ccc(N2CC(C)(C3CC3)NCC2C(C)C)cc1. The Morgan fingerprint density at radius 1 is 1.24 bits per heavy atom. The Balaban J connectivity index is 1.85. The quantitative estimate of drug-likeness (QED) is 0.904. The van der Waals surface area contributed by atoms with E-state index in [1.54, 1.807) is 0 Å². The summed E-state index contributed by atoms with van der Waals surface area (Å²) in [5.74, 6) is 1.55. The van der Waals surface area contributed by atoms with Crippen molar-refractivity contribution in [3.8, 4) is 0 Å². The largest absolute Gasteiger partial charge is 0.365 e. The first-order valence-electron chi connectivity index (χ1n) is 8.64. The van der Waals surface area contributed by atoms with Crippen molar-refractivity contribution in [1.29, 1.82) is 0 Å². The zero-order chi connectivity index (χ0) is 15.0. The monoisotopic (exact) mass is 286 g/mol. The lowest BCUT2D eigenvalue weighted by molar-refractivity contribution is 0.233. The van der Waals surface area contributed by atoms with Crippen LogP contribution in [0.4, 0.5) is 5.69 Å². The summed E-state index contributed by atoms with van der Waals surface area (Å²) >= 11 is 0. The van der Waals surface area contributed by atoms with Crippen molar-refractivity contribution < 1.29 is 0 Å². The van der Waals surface area contributed by atoms with Crippen molar-refractivity contribution in [3.05, 3.63) is 29.8 Å². The van der Waals surface area contributed by atoms with Gasteiger partial charge in [0.25, 0.3) is 0 Å². The van der Waals surface area contributed by atoms with E-state index < -0.39 is 0 Å². The van der Waals surface area contributed by atoms with E-state index in [9.17, 15) is 0 Å². The fourth-order valence-electron chi connectivity index (χ4n) is 3.77. The predicted octanol–water partition coefficient (Wildman–Crippen LogP) is 3.85. The van der Waals surface area contributed by atoms with Crippen LogP contribution >= 0.6 is 0 Å². The van der Waals surface area contributed by atoms with Crippen LogP contribution in [0.3, 0.4) is 0 Å². The van der Waals surface area contributed by atoms with E-state index in [-0.39, 0.29) is 0 Å². The van der Waals surface area contributed by atoms with E-state index >= 15 is 0 Å². The highest BCUT2D eigenvalue weighted by Gasteiger charge is 2.46. The third-order valence-electron chi connectivity index (χ3n) is 5.54. The van der Waals surface area contributed by atoms with E-state index in [4.69, 9.17) is 0 Å². The molecule has 2 nitrogen and oxygen atoms in total. The summed E-state index contributed by atoms with van der Waals surface area (Å²) in [6.45, 7) is 11.6. The minimum absolute atomic E-state index is 0.300. The van der Waals surface area contributed by atoms with Crippen LogP contribution < -0.4 is 10.2 Å². The molecule has 0 amide bonds. The minimum Gasteiger partial charge on any atom is -0.365 e. The van der Waals surface area contributed by atoms with Crippen molar-refractivity contribution in [2.45, 2.75) is 58.5 Å². The van der Waals surface area contributed by atoms with Gasteiger partial charge in [0.2, 0.25) is 0 Å². The Labute approximate surface area is 129 Å². The van der Waals surface area contributed by atoms with Crippen LogP contribution in [0.15, 0.2) is 24.3 Å². The molecule has 1 heterocycles. The number of rotatable bonds is 4. The van der Waals surface area contributed by atoms with E-state index in [0.717, 1.165) is 25.4 Å². The smallest absolute Gasteiger partial charge is 0.0438 e. The molecule has 1 aromatic rings. The molecule has 2 fully saturated rings. The second-order valence-electron chi connectivity index (χ2n) is 7.53. The molecule has 0 aromatic heterocycles. The summed E-state index contributed by atoms with van der Waals surface area (Å²) in [4.78, 5) is 2.67. The molecular formula is C19H30N2. The van der Waals surface area contributed by atoms with Crippen LogP contribution in [0.25, 0.3) is 0 Å². The fraction of sp³-hybridized carbons (Fsp3) is 0.684. The van der Waals surface area contributed by atoms with Crippen molar-refractivity contribution in [3.63, 3.8) is 0 Å². The average molecular weight is 286 g/mol. The molecule has 116 valence electrons. The van der Waals surface area contributed by atoms with E-state index in [0.29, 0.717) is 17.5 Å². The fourth-order valence-corrected chi connectivity index (χ4v) is 3.77. The number of piperazine rings is 1. The molecule has 1 aliphatic heterocycles. The van der Waals surface area contributed by atoms with Crippen molar-refractivity contribution in [1.82, 2.24) is 5.32 Å². The molecule has 1 saturated heterocycles. The highest BCUT2D eigenvalue weighted by atomic mass is 15.3. The molecule has 1 aliphatic carbocycles. The Morgan fingerprint density at radius 2 is 1.90 bits per heavy atom. The molecule has 21 heavy (non-hydrogen) atoms. The van der Waals surface area contributed by atoms with Crippen molar-refractivity contribution in [2.24, 2.45) is 11.8 Å². The Morgan fingerprint density at radius 3 is 2.43 bits per heavy atom. The third kappa shape index (κ3) is 2.96. The number of nitrogens with zero attached hydrogens (tertiary/aromatic N) is 1. The summed E-state index contributed by atoms with van der Waals surface area (Å²) in [6.07, 6.45) is 3.92. The van der Waals surface area contributed by atoms with Gasteiger partial charge in [-0.15, -0.1) is 0 Å². The van der Waals surface area contributed by atoms with Crippen LogP contribution in [-0.4, -0.2) is 24.7 Å². The summed E-state index contributed by atoms with van der Waals surface area (Å²) in [5, 5.41) is 3.87. The van der Waals surface area contributed by atoms with Gasteiger partial charge in [0.05, 0.1) is 0 Å². The minimum atomic E-state index is 0.300. The maximum atomic E-state index is 3.87. The molecule has 1 aromatic carbocycles. The zero-order valence-electron chi connectivity index (χ0n) is 14.0. The molecule has 2 aliphatic rings. The molecule has 2 unspecified atom stereocenters. The number of anilines is 1. The normalized spacial score (nSPS) is 30.0. The predicted molar refractivity (Wildman–Crippen MR) is 90.9 cm³/mol. The summed E-state index contributed by atoms with van der Waals surface area (Å²) in [5.41, 5.74) is 3.13. The van der Waals surface area contributed by atoms with Crippen LogP contribution in [0.1, 0.15) is 46.1 Å².